The first-order valence-corrected chi connectivity index (χ1v) is 8.28. The number of aryl methyl sites for hydroxylation is 1. The third kappa shape index (κ3) is 2.57. The maximum Gasteiger partial charge on any atom is 0.407 e. The molecule has 0 radical (unpaired) electrons. The number of benzene rings is 1. The zero-order valence-electron chi connectivity index (χ0n) is 13.6. The fourth-order valence-electron chi connectivity index (χ4n) is 3.90. The van der Waals surface area contributed by atoms with Gasteiger partial charge in [-0.2, -0.15) is 0 Å². The van der Waals surface area contributed by atoms with Crippen molar-refractivity contribution in [3.05, 3.63) is 53.7 Å². The number of alkyl carbamates (subject to hydrolysis) is 1. The number of carbonyl (C=O) groups excluding carboxylic acids is 1. The monoisotopic (exact) mass is 327 g/mol. The first kappa shape index (κ1) is 15.2. The van der Waals surface area contributed by atoms with Crippen molar-refractivity contribution in [2.75, 3.05) is 19.7 Å². The van der Waals surface area contributed by atoms with Crippen LogP contribution in [0.5, 0.6) is 0 Å². The molecule has 0 bridgehead atoms. The molecule has 0 spiro atoms. The Bertz CT molecular complexity index is 718. The summed E-state index contributed by atoms with van der Waals surface area (Å²) in [6.45, 7) is 4.51. The number of carbonyl (C=O) groups is 1. The number of hydrogen-bond donors (Lipinski definition) is 2. The molecule has 24 heavy (non-hydrogen) atoms. The third-order valence-corrected chi connectivity index (χ3v) is 5.25. The van der Waals surface area contributed by atoms with Crippen LogP contribution < -0.4 is 10.6 Å². The average Bonchev–Trinajstić information content (AvgIpc) is 2.99. The summed E-state index contributed by atoms with van der Waals surface area (Å²) in [5.41, 5.74) is 1.77. The first-order chi connectivity index (χ1) is 11.7. The number of fused-ring (bicyclic) bond motifs is 1. The molecule has 4 rings (SSSR count). The average molecular weight is 327 g/mol. The Morgan fingerprint density at radius 3 is 2.79 bits per heavy atom. The van der Waals surface area contributed by atoms with Gasteiger partial charge in [0.15, 0.2) is 5.89 Å². The van der Waals surface area contributed by atoms with Gasteiger partial charge in [-0.15, -0.1) is 0 Å². The second-order valence-corrected chi connectivity index (χ2v) is 6.58. The van der Waals surface area contributed by atoms with Crippen molar-refractivity contribution < 1.29 is 13.9 Å². The summed E-state index contributed by atoms with van der Waals surface area (Å²) in [7, 11) is 0. The third-order valence-electron chi connectivity index (χ3n) is 5.25. The van der Waals surface area contributed by atoms with Gasteiger partial charge in [0.1, 0.15) is 12.9 Å². The Kier molecular flexibility index (Phi) is 3.76. The molecule has 2 heterocycles. The lowest BCUT2D eigenvalue weighted by Gasteiger charge is -2.19. The minimum absolute atomic E-state index is 0.187. The van der Waals surface area contributed by atoms with Gasteiger partial charge < -0.3 is 19.8 Å². The van der Waals surface area contributed by atoms with E-state index < -0.39 is 6.09 Å². The number of piperidine rings is 1. The van der Waals surface area contributed by atoms with Gasteiger partial charge in [0, 0.05) is 13.5 Å². The molecule has 2 atom stereocenters. The second-order valence-electron chi connectivity index (χ2n) is 6.58. The van der Waals surface area contributed by atoms with E-state index in [-0.39, 0.29) is 5.41 Å². The van der Waals surface area contributed by atoms with E-state index in [1.807, 2.05) is 37.3 Å². The zero-order valence-corrected chi connectivity index (χ0v) is 13.6. The molecule has 1 aliphatic carbocycles. The molecular formula is C18H21N3O3. The van der Waals surface area contributed by atoms with Crippen LogP contribution in [0.25, 0.3) is 0 Å². The van der Waals surface area contributed by atoms with E-state index in [1.54, 1.807) is 6.26 Å². The van der Waals surface area contributed by atoms with Crippen LogP contribution in [0.2, 0.25) is 0 Å². The fraction of sp³-hybridized carbons (Fsp3) is 0.444. The van der Waals surface area contributed by atoms with Gasteiger partial charge in [-0.25, -0.2) is 9.78 Å². The summed E-state index contributed by atoms with van der Waals surface area (Å²) >= 11 is 0. The molecule has 1 aromatic carbocycles. The van der Waals surface area contributed by atoms with Crippen LogP contribution in [0.4, 0.5) is 4.79 Å². The number of amides is 1. The molecule has 1 saturated carbocycles. The van der Waals surface area contributed by atoms with E-state index in [0.29, 0.717) is 30.9 Å². The van der Waals surface area contributed by atoms with Gasteiger partial charge in [0.25, 0.3) is 0 Å². The Hall–Kier alpha value is -2.34. The molecule has 2 aliphatic rings. The zero-order chi connectivity index (χ0) is 16.6. The Labute approximate surface area is 140 Å². The van der Waals surface area contributed by atoms with Crippen molar-refractivity contribution in [1.82, 2.24) is 15.6 Å². The molecule has 6 nitrogen and oxygen atoms in total. The van der Waals surface area contributed by atoms with E-state index in [2.05, 4.69) is 15.6 Å². The predicted octanol–water partition coefficient (Wildman–Crippen LogP) is 2.00. The highest BCUT2D eigenvalue weighted by Crippen LogP contribution is 2.61. The second kappa shape index (κ2) is 5.94. The number of nitrogens with zero attached hydrogens (tertiary/aromatic N) is 1. The Balaban J connectivity index is 1.37. The SMILES string of the molecule is Cc1nc(C2(COC(=O)NCc3ccccc3)C3CNCC32)co1. The quantitative estimate of drug-likeness (QED) is 0.878. The molecule has 1 aromatic heterocycles. The maximum absolute atomic E-state index is 12.1. The molecule has 1 aliphatic heterocycles. The fourth-order valence-corrected chi connectivity index (χ4v) is 3.90. The van der Waals surface area contributed by atoms with Crippen LogP contribution in [0, 0.1) is 18.8 Å². The van der Waals surface area contributed by atoms with Gasteiger partial charge in [0.2, 0.25) is 0 Å². The molecule has 2 fully saturated rings. The van der Waals surface area contributed by atoms with Crippen LogP contribution in [0.1, 0.15) is 17.1 Å². The van der Waals surface area contributed by atoms with Gasteiger partial charge >= 0.3 is 6.09 Å². The molecule has 1 saturated heterocycles. The van der Waals surface area contributed by atoms with Gasteiger partial charge in [-0.05, 0) is 30.5 Å². The summed E-state index contributed by atoms with van der Waals surface area (Å²) in [4.78, 5) is 16.5. The minimum atomic E-state index is -0.392. The number of hydrogen-bond acceptors (Lipinski definition) is 5. The molecule has 2 aromatic rings. The summed E-state index contributed by atoms with van der Waals surface area (Å²) in [5, 5.41) is 6.17. The van der Waals surface area contributed by atoms with Gasteiger partial charge in [-0.3, -0.25) is 0 Å². The molecule has 6 heteroatoms. The highest BCUT2D eigenvalue weighted by atomic mass is 16.5. The number of ether oxygens (including phenoxy) is 1. The van der Waals surface area contributed by atoms with Crippen molar-refractivity contribution in [2.24, 2.45) is 11.8 Å². The van der Waals surface area contributed by atoms with Crippen LogP contribution in [-0.4, -0.2) is 30.8 Å². The lowest BCUT2D eigenvalue weighted by atomic mass is 9.97. The summed E-state index contributed by atoms with van der Waals surface area (Å²) in [6, 6.07) is 9.78. The van der Waals surface area contributed by atoms with Crippen molar-refractivity contribution >= 4 is 6.09 Å². The first-order valence-electron chi connectivity index (χ1n) is 8.28. The highest BCUT2D eigenvalue weighted by molar-refractivity contribution is 5.67. The van der Waals surface area contributed by atoms with Crippen LogP contribution in [-0.2, 0) is 16.7 Å². The largest absolute Gasteiger partial charge is 0.449 e. The van der Waals surface area contributed by atoms with E-state index in [0.717, 1.165) is 24.3 Å². The van der Waals surface area contributed by atoms with Crippen LogP contribution in [0.3, 0.4) is 0 Å². The van der Waals surface area contributed by atoms with Crippen LogP contribution >= 0.6 is 0 Å². The minimum Gasteiger partial charge on any atom is -0.449 e. The molecule has 2 N–H and O–H groups in total. The molecule has 1 amide bonds. The Morgan fingerprint density at radius 2 is 2.12 bits per heavy atom. The van der Waals surface area contributed by atoms with Crippen molar-refractivity contribution in [2.45, 2.75) is 18.9 Å². The number of nitrogens with one attached hydrogen (secondary N) is 2. The van der Waals surface area contributed by atoms with Crippen molar-refractivity contribution in [3.63, 3.8) is 0 Å². The lowest BCUT2D eigenvalue weighted by Crippen LogP contribution is -2.33. The van der Waals surface area contributed by atoms with E-state index >= 15 is 0 Å². The van der Waals surface area contributed by atoms with Crippen molar-refractivity contribution in [3.8, 4) is 0 Å². The Morgan fingerprint density at radius 1 is 1.38 bits per heavy atom. The lowest BCUT2D eigenvalue weighted by molar-refractivity contribution is 0.127. The maximum atomic E-state index is 12.1. The number of oxazole rings is 1. The number of rotatable bonds is 5. The van der Waals surface area contributed by atoms with Gasteiger partial charge in [-0.1, -0.05) is 30.3 Å². The van der Waals surface area contributed by atoms with E-state index in [4.69, 9.17) is 9.15 Å². The molecular weight excluding hydrogens is 306 g/mol. The van der Waals surface area contributed by atoms with E-state index in [1.165, 1.54) is 0 Å². The predicted molar refractivity (Wildman–Crippen MR) is 87.4 cm³/mol. The van der Waals surface area contributed by atoms with Crippen molar-refractivity contribution in [1.29, 1.82) is 0 Å². The van der Waals surface area contributed by atoms with E-state index in [9.17, 15) is 4.79 Å². The normalized spacial score (nSPS) is 27.5. The summed E-state index contributed by atoms with van der Waals surface area (Å²) < 4.78 is 10.9. The van der Waals surface area contributed by atoms with Gasteiger partial charge in [0.05, 0.1) is 11.1 Å². The summed E-state index contributed by atoms with van der Waals surface area (Å²) in [5.74, 6) is 1.57. The summed E-state index contributed by atoms with van der Waals surface area (Å²) in [6.07, 6.45) is 1.31. The smallest absolute Gasteiger partial charge is 0.407 e. The number of aromatic nitrogens is 1. The molecule has 2 unspecified atom stereocenters. The highest BCUT2D eigenvalue weighted by Gasteiger charge is 2.69. The van der Waals surface area contributed by atoms with Crippen LogP contribution in [0.15, 0.2) is 41.0 Å². The standard InChI is InChI=1S/C18H21N3O3/c1-12-21-16(10-23-12)18(14-8-19-9-15(14)18)11-24-17(22)20-7-13-5-3-2-4-6-13/h2-6,10,14-15,19H,7-9,11H2,1H3,(H,20,22). The topological polar surface area (TPSA) is 76.4 Å². The molecule has 126 valence electrons.